The van der Waals surface area contributed by atoms with Gasteiger partial charge in [0.15, 0.2) is 5.65 Å². The number of likely N-dealkylation sites (tertiary alicyclic amines) is 1. The number of carbonyl (C=O) groups excluding carboxylic acids is 1. The summed E-state index contributed by atoms with van der Waals surface area (Å²) in [6, 6.07) is 22.2. The first-order valence-corrected chi connectivity index (χ1v) is 10.9. The zero-order chi connectivity index (χ0) is 22.1. The first kappa shape index (κ1) is 20.4. The lowest BCUT2D eigenvalue weighted by atomic mass is 10.0. The Hall–Kier alpha value is -3.55. The van der Waals surface area contributed by atoms with E-state index in [-0.39, 0.29) is 5.69 Å². The van der Waals surface area contributed by atoms with Crippen molar-refractivity contribution in [1.29, 1.82) is 0 Å². The van der Waals surface area contributed by atoms with E-state index in [0.717, 1.165) is 55.0 Å². The molecule has 1 aliphatic heterocycles. The molecule has 7 nitrogen and oxygen atoms in total. The van der Waals surface area contributed by atoms with E-state index in [4.69, 9.17) is 16.5 Å². The molecule has 2 aromatic heterocycles. The number of piperidine rings is 1. The number of primary amides is 1. The van der Waals surface area contributed by atoms with Crippen LogP contribution in [0.25, 0.3) is 28.2 Å². The number of aromatic nitrogens is 3. The minimum Gasteiger partial charge on any atom is -0.364 e. The standard InChI is InChI=1S/C25H26N6O/c26-20-12-14-30(15-13-20)16-17-6-8-18(9-7-17)23-24(19-4-2-1-3-5-19)31-22(28-23)11-10-21(29-31)25(27)32/h1-11,20H,12-16,26H2,(H2,27,32). The summed E-state index contributed by atoms with van der Waals surface area (Å²) in [6.07, 6.45) is 2.11. The van der Waals surface area contributed by atoms with Crippen LogP contribution < -0.4 is 11.5 Å². The molecule has 0 radical (unpaired) electrons. The van der Waals surface area contributed by atoms with Crippen LogP contribution in [0.2, 0.25) is 0 Å². The van der Waals surface area contributed by atoms with Crippen molar-refractivity contribution >= 4 is 11.6 Å². The van der Waals surface area contributed by atoms with Gasteiger partial charge >= 0.3 is 0 Å². The second-order valence-corrected chi connectivity index (χ2v) is 8.34. The summed E-state index contributed by atoms with van der Waals surface area (Å²) in [4.78, 5) is 19.0. The van der Waals surface area contributed by atoms with E-state index in [2.05, 4.69) is 34.3 Å². The second kappa shape index (κ2) is 8.53. The predicted molar refractivity (Wildman–Crippen MR) is 125 cm³/mol. The van der Waals surface area contributed by atoms with E-state index in [1.807, 2.05) is 30.3 Å². The highest BCUT2D eigenvalue weighted by molar-refractivity contribution is 5.91. The molecule has 7 heteroatoms. The molecule has 2 aromatic carbocycles. The van der Waals surface area contributed by atoms with Gasteiger partial charge in [0.2, 0.25) is 0 Å². The van der Waals surface area contributed by atoms with Crippen LogP contribution in [-0.4, -0.2) is 44.5 Å². The number of hydrogen-bond donors (Lipinski definition) is 2. The molecule has 0 spiro atoms. The average molecular weight is 427 g/mol. The van der Waals surface area contributed by atoms with Gasteiger partial charge in [0.25, 0.3) is 5.91 Å². The SMILES string of the molecule is NC(=O)c1ccc2nc(-c3ccc(CN4CCC(N)CC4)cc3)c(-c3ccccc3)n2n1. The van der Waals surface area contributed by atoms with Crippen LogP contribution in [0.3, 0.4) is 0 Å². The van der Waals surface area contributed by atoms with Crippen LogP contribution >= 0.6 is 0 Å². The summed E-state index contributed by atoms with van der Waals surface area (Å²) < 4.78 is 1.70. The second-order valence-electron chi connectivity index (χ2n) is 8.34. The van der Waals surface area contributed by atoms with Gasteiger partial charge in [0.05, 0.1) is 5.69 Å². The molecule has 4 aromatic rings. The van der Waals surface area contributed by atoms with Crippen LogP contribution in [0, 0.1) is 0 Å². The van der Waals surface area contributed by atoms with Crippen LogP contribution in [0.1, 0.15) is 28.9 Å². The maximum absolute atomic E-state index is 11.7. The first-order chi connectivity index (χ1) is 15.6. The maximum atomic E-state index is 11.7. The molecule has 162 valence electrons. The minimum atomic E-state index is -0.566. The lowest BCUT2D eigenvalue weighted by Gasteiger charge is -2.30. The quantitative estimate of drug-likeness (QED) is 0.511. The Morgan fingerprint density at radius 2 is 1.66 bits per heavy atom. The first-order valence-electron chi connectivity index (χ1n) is 10.9. The number of nitrogens with two attached hydrogens (primary N) is 2. The van der Waals surface area contributed by atoms with Crippen LogP contribution in [0.15, 0.2) is 66.7 Å². The Morgan fingerprint density at radius 3 is 2.34 bits per heavy atom. The number of nitrogens with zero attached hydrogens (tertiary/aromatic N) is 4. The fraction of sp³-hybridized carbons (Fsp3) is 0.240. The molecule has 4 N–H and O–H groups in total. The summed E-state index contributed by atoms with van der Waals surface area (Å²) in [5.74, 6) is -0.566. The maximum Gasteiger partial charge on any atom is 0.269 e. The number of carbonyl (C=O) groups is 1. The number of amides is 1. The molecule has 5 rings (SSSR count). The zero-order valence-electron chi connectivity index (χ0n) is 17.8. The highest BCUT2D eigenvalue weighted by Crippen LogP contribution is 2.32. The molecule has 1 fully saturated rings. The van der Waals surface area contributed by atoms with Crippen LogP contribution in [-0.2, 0) is 6.54 Å². The van der Waals surface area contributed by atoms with Crippen molar-refractivity contribution in [2.75, 3.05) is 13.1 Å². The summed E-state index contributed by atoms with van der Waals surface area (Å²) in [5, 5.41) is 4.46. The van der Waals surface area contributed by atoms with Crippen molar-refractivity contribution in [2.45, 2.75) is 25.4 Å². The molecule has 1 saturated heterocycles. The lowest BCUT2D eigenvalue weighted by molar-refractivity contribution is 0.0994. The normalized spacial score (nSPS) is 15.3. The smallest absolute Gasteiger partial charge is 0.269 e. The van der Waals surface area contributed by atoms with E-state index >= 15 is 0 Å². The molecule has 0 aliphatic carbocycles. The zero-order valence-corrected chi connectivity index (χ0v) is 17.8. The molecular weight excluding hydrogens is 400 g/mol. The summed E-state index contributed by atoms with van der Waals surface area (Å²) in [5.41, 5.74) is 17.3. The molecule has 3 heterocycles. The lowest BCUT2D eigenvalue weighted by Crippen LogP contribution is -2.39. The van der Waals surface area contributed by atoms with Gasteiger partial charge < -0.3 is 11.5 Å². The molecule has 0 bridgehead atoms. The Bertz CT molecular complexity index is 1240. The number of hydrogen-bond acceptors (Lipinski definition) is 5. The van der Waals surface area contributed by atoms with Gasteiger partial charge in [-0.15, -0.1) is 0 Å². The Labute approximate surface area is 186 Å². The van der Waals surface area contributed by atoms with Crippen molar-refractivity contribution < 1.29 is 4.79 Å². The molecule has 0 atom stereocenters. The Morgan fingerprint density at radius 1 is 0.938 bits per heavy atom. The summed E-state index contributed by atoms with van der Waals surface area (Å²) in [6.45, 7) is 3.01. The van der Waals surface area contributed by atoms with Gasteiger partial charge in [-0.05, 0) is 43.6 Å². The van der Waals surface area contributed by atoms with Gasteiger partial charge in [0.1, 0.15) is 11.4 Å². The van der Waals surface area contributed by atoms with Crippen molar-refractivity contribution in [3.63, 3.8) is 0 Å². The van der Waals surface area contributed by atoms with Crippen LogP contribution in [0.5, 0.6) is 0 Å². The highest BCUT2D eigenvalue weighted by atomic mass is 16.1. The molecule has 0 unspecified atom stereocenters. The number of fused-ring (bicyclic) bond motifs is 1. The summed E-state index contributed by atoms with van der Waals surface area (Å²) >= 11 is 0. The third-order valence-electron chi connectivity index (χ3n) is 6.04. The third-order valence-corrected chi connectivity index (χ3v) is 6.04. The molecule has 0 saturated carbocycles. The Balaban J connectivity index is 1.52. The van der Waals surface area contributed by atoms with E-state index in [9.17, 15) is 4.79 Å². The van der Waals surface area contributed by atoms with E-state index in [0.29, 0.717) is 11.7 Å². The minimum absolute atomic E-state index is 0.204. The van der Waals surface area contributed by atoms with Crippen LogP contribution in [0.4, 0.5) is 0 Å². The number of rotatable bonds is 5. The van der Waals surface area contributed by atoms with E-state index in [1.54, 1.807) is 16.6 Å². The average Bonchev–Trinajstić information content (AvgIpc) is 3.20. The van der Waals surface area contributed by atoms with Crippen molar-refractivity contribution in [1.82, 2.24) is 19.5 Å². The highest BCUT2D eigenvalue weighted by Gasteiger charge is 2.19. The van der Waals surface area contributed by atoms with Gasteiger partial charge in [-0.25, -0.2) is 9.50 Å². The number of imidazole rings is 1. The fourth-order valence-corrected chi connectivity index (χ4v) is 4.26. The van der Waals surface area contributed by atoms with Crippen molar-refractivity contribution in [3.8, 4) is 22.5 Å². The van der Waals surface area contributed by atoms with Crippen molar-refractivity contribution in [3.05, 3.63) is 78.0 Å². The number of benzene rings is 2. The molecule has 1 aliphatic rings. The molecular formula is C25H26N6O. The van der Waals surface area contributed by atoms with E-state index < -0.39 is 5.91 Å². The van der Waals surface area contributed by atoms with Gasteiger partial charge in [-0.2, -0.15) is 5.10 Å². The molecule has 32 heavy (non-hydrogen) atoms. The molecule has 1 amide bonds. The fourth-order valence-electron chi connectivity index (χ4n) is 4.26. The monoisotopic (exact) mass is 426 g/mol. The van der Waals surface area contributed by atoms with E-state index in [1.165, 1.54) is 5.56 Å². The third kappa shape index (κ3) is 4.00. The van der Waals surface area contributed by atoms with Crippen molar-refractivity contribution in [2.24, 2.45) is 11.5 Å². The van der Waals surface area contributed by atoms with Gasteiger partial charge in [0, 0.05) is 23.7 Å². The topological polar surface area (TPSA) is 103 Å². The Kier molecular flexibility index (Phi) is 5.43. The largest absolute Gasteiger partial charge is 0.364 e. The van der Waals surface area contributed by atoms with Gasteiger partial charge in [-0.3, -0.25) is 9.69 Å². The predicted octanol–water partition coefficient (Wildman–Crippen LogP) is 3.09. The van der Waals surface area contributed by atoms with Gasteiger partial charge in [-0.1, -0.05) is 54.6 Å². The summed E-state index contributed by atoms with van der Waals surface area (Å²) in [7, 11) is 0.